The van der Waals surface area contributed by atoms with E-state index in [1.807, 2.05) is 6.07 Å². The predicted molar refractivity (Wildman–Crippen MR) is 94.3 cm³/mol. The SMILES string of the molecule is COCCCNC(=O)c1ccc(N2CCc3ccccc3C2)cn1. The highest BCUT2D eigenvalue weighted by Crippen LogP contribution is 2.23. The molecule has 2 aromatic rings. The number of nitrogens with one attached hydrogen (secondary N) is 1. The van der Waals surface area contributed by atoms with Crippen LogP contribution in [0.25, 0.3) is 0 Å². The largest absolute Gasteiger partial charge is 0.385 e. The number of hydrogen-bond acceptors (Lipinski definition) is 4. The molecule has 0 aliphatic carbocycles. The van der Waals surface area contributed by atoms with Crippen molar-refractivity contribution in [3.63, 3.8) is 0 Å². The molecule has 0 fully saturated rings. The Labute approximate surface area is 142 Å². The lowest BCUT2D eigenvalue weighted by atomic mass is 10.00. The van der Waals surface area contributed by atoms with E-state index < -0.39 is 0 Å². The van der Waals surface area contributed by atoms with E-state index in [9.17, 15) is 4.79 Å². The summed E-state index contributed by atoms with van der Waals surface area (Å²) in [5, 5.41) is 2.85. The highest BCUT2D eigenvalue weighted by molar-refractivity contribution is 5.92. The van der Waals surface area contributed by atoms with Crippen molar-refractivity contribution in [2.75, 3.05) is 31.7 Å². The molecule has 2 heterocycles. The van der Waals surface area contributed by atoms with Gasteiger partial charge in [0.2, 0.25) is 0 Å². The van der Waals surface area contributed by atoms with E-state index in [1.165, 1.54) is 11.1 Å². The molecule has 0 saturated heterocycles. The van der Waals surface area contributed by atoms with Crippen molar-refractivity contribution in [3.8, 4) is 0 Å². The van der Waals surface area contributed by atoms with Crippen molar-refractivity contribution < 1.29 is 9.53 Å². The number of carbonyl (C=O) groups is 1. The van der Waals surface area contributed by atoms with Gasteiger partial charge in [0.15, 0.2) is 0 Å². The van der Waals surface area contributed by atoms with Crippen LogP contribution in [0.2, 0.25) is 0 Å². The summed E-state index contributed by atoms with van der Waals surface area (Å²) in [6, 6.07) is 12.3. The van der Waals surface area contributed by atoms with Gasteiger partial charge in [-0.25, -0.2) is 4.98 Å². The number of aromatic nitrogens is 1. The van der Waals surface area contributed by atoms with Gasteiger partial charge in [0.1, 0.15) is 5.69 Å². The average Bonchev–Trinajstić information content (AvgIpc) is 2.65. The average molecular weight is 325 g/mol. The third-order valence-electron chi connectivity index (χ3n) is 4.29. The molecule has 0 unspecified atom stereocenters. The van der Waals surface area contributed by atoms with Crippen LogP contribution in [0.5, 0.6) is 0 Å². The van der Waals surface area contributed by atoms with Gasteiger partial charge in [0.25, 0.3) is 5.91 Å². The maximum atomic E-state index is 12.0. The molecule has 1 N–H and O–H groups in total. The molecular formula is C19H23N3O2. The third kappa shape index (κ3) is 3.92. The van der Waals surface area contributed by atoms with Crippen LogP contribution < -0.4 is 10.2 Å². The Balaban J connectivity index is 1.60. The van der Waals surface area contributed by atoms with Crippen LogP contribution in [-0.4, -0.2) is 37.7 Å². The Kier molecular flexibility index (Phi) is 5.43. The number of carbonyl (C=O) groups excluding carboxylic acids is 1. The third-order valence-corrected chi connectivity index (χ3v) is 4.29. The molecule has 0 radical (unpaired) electrons. The molecular weight excluding hydrogens is 302 g/mol. The summed E-state index contributed by atoms with van der Waals surface area (Å²) in [6.07, 6.45) is 3.63. The quantitative estimate of drug-likeness (QED) is 0.829. The number of hydrogen-bond donors (Lipinski definition) is 1. The first-order valence-corrected chi connectivity index (χ1v) is 8.33. The maximum absolute atomic E-state index is 12.0. The summed E-state index contributed by atoms with van der Waals surface area (Å²) >= 11 is 0. The van der Waals surface area contributed by atoms with Gasteiger partial charge >= 0.3 is 0 Å². The van der Waals surface area contributed by atoms with Crippen molar-refractivity contribution >= 4 is 11.6 Å². The summed E-state index contributed by atoms with van der Waals surface area (Å²) in [6.45, 7) is 3.10. The summed E-state index contributed by atoms with van der Waals surface area (Å²) in [5.74, 6) is -0.137. The van der Waals surface area contributed by atoms with Gasteiger partial charge in [-0.15, -0.1) is 0 Å². The van der Waals surface area contributed by atoms with E-state index in [2.05, 4.69) is 39.5 Å². The lowest BCUT2D eigenvalue weighted by molar-refractivity contribution is 0.0943. The molecule has 1 aromatic heterocycles. The van der Waals surface area contributed by atoms with Gasteiger partial charge in [-0.05, 0) is 36.1 Å². The van der Waals surface area contributed by atoms with E-state index in [-0.39, 0.29) is 5.91 Å². The molecule has 0 saturated carbocycles. The number of fused-ring (bicyclic) bond motifs is 1. The number of ether oxygens (including phenoxy) is 1. The Morgan fingerprint density at radius 1 is 1.25 bits per heavy atom. The summed E-state index contributed by atoms with van der Waals surface area (Å²) < 4.78 is 4.96. The fraction of sp³-hybridized carbons (Fsp3) is 0.368. The Morgan fingerprint density at radius 3 is 2.83 bits per heavy atom. The van der Waals surface area contributed by atoms with E-state index in [1.54, 1.807) is 19.4 Å². The van der Waals surface area contributed by atoms with Crippen LogP contribution in [0, 0.1) is 0 Å². The highest BCUT2D eigenvalue weighted by Gasteiger charge is 2.16. The van der Waals surface area contributed by atoms with Gasteiger partial charge in [0, 0.05) is 33.4 Å². The second-order valence-electron chi connectivity index (χ2n) is 5.94. The zero-order chi connectivity index (χ0) is 16.8. The first kappa shape index (κ1) is 16.5. The van der Waals surface area contributed by atoms with Crippen molar-refractivity contribution in [2.45, 2.75) is 19.4 Å². The van der Waals surface area contributed by atoms with Gasteiger partial charge in [-0.1, -0.05) is 24.3 Å². The van der Waals surface area contributed by atoms with Crippen LogP contribution in [0.15, 0.2) is 42.6 Å². The molecule has 0 spiro atoms. The minimum atomic E-state index is -0.137. The van der Waals surface area contributed by atoms with Gasteiger partial charge in [-0.2, -0.15) is 0 Å². The summed E-state index contributed by atoms with van der Waals surface area (Å²) in [7, 11) is 1.65. The monoisotopic (exact) mass is 325 g/mol. The fourth-order valence-corrected chi connectivity index (χ4v) is 2.93. The maximum Gasteiger partial charge on any atom is 0.269 e. The van der Waals surface area contributed by atoms with Gasteiger partial charge < -0.3 is 15.0 Å². The normalized spacial score (nSPS) is 13.5. The number of rotatable bonds is 6. The van der Waals surface area contributed by atoms with Gasteiger partial charge in [-0.3, -0.25) is 4.79 Å². The topological polar surface area (TPSA) is 54.5 Å². The van der Waals surface area contributed by atoms with Crippen molar-refractivity contribution in [1.29, 1.82) is 0 Å². The van der Waals surface area contributed by atoms with Crippen LogP contribution in [-0.2, 0) is 17.7 Å². The summed E-state index contributed by atoms with van der Waals surface area (Å²) in [4.78, 5) is 18.7. The molecule has 1 aliphatic heterocycles. The smallest absolute Gasteiger partial charge is 0.269 e. The zero-order valence-electron chi connectivity index (χ0n) is 14.0. The highest BCUT2D eigenvalue weighted by atomic mass is 16.5. The second-order valence-corrected chi connectivity index (χ2v) is 5.94. The molecule has 126 valence electrons. The number of amides is 1. The van der Waals surface area contributed by atoms with E-state index in [4.69, 9.17) is 4.74 Å². The van der Waals surface area contributed by atoms with Crippen molar-refractivity contribution in [2.24, 2.45) is 0 Å². The number of nitrogens with zero attached hydrogens (tertiary/aromatic N) is 2. The van der Waals surface area contributed by atoms with E-state index in [0.717, 1.165) is 31.6 Å². The minimum Gasteiger partial charge on any atom is -0.385 e. The van der Waals surface area contributed by atoms with Crippen molar-refractivity contribution in [3.05, 3.63) is 59.4 Å². The first-order chi connectivity index (χ1) is 11.8. The molecule has 1 amide bonds. The lowest BCUT2D eigenvalue weighted by Crippen LogP contribution is -2.30. The van der Waals surface area contributed by atoms with Crippen LogP contribution in [0.3, 0.4) is 0 Å². The van der Waals surface area contributed by atoms with Crippen LogP contribution >= 0.6 is 0 Å². The minimum absolute atomic E-state index is 0.137. The molecule has 0 atom stereocenters. The van der Waals surface area contributed by atoms with E-state index in [0.29, 0.717) is 18.8 Å². The van der Waals surface area contributed by atoms with Crippen LogP contribution in [0.4, 0.5) is 5.69 Å². The van der Waals surface area contributed by atoms with E-state index >= 15 is 0 Å². The first-order valence-electron chi connectivity index (χ1n) is 8.33. The van der Waals surface area contributed by atoms with Crippen LogP contribution in [0.1, 0.15) is 28.0 Å². The molecule has 3 rings (SSSR count). The molecule has 1 aliphatic rings. The van der Waals surface area contributed by atoms with Gasteiger partial charge in [0.05, 0.1) is 11.9 Å². The Morgan fingerprint density at radius 2 is 2.08 bits per heavy atom. The fourth-order valence-electron chi connectivity index (χ4n) is 2.93. The molecule has 0 bridgehead atoms. The number of methoxy groups -OCH3 is 1. The van der Waals surface area contributed by atoms with Crippen molar-refractivity contribution in [1.82, 2.24) is 10.3 Å². The predicted octanol–water partition coefficient (Wildman–Crippen LogP) is 2.41. The second kappa shape index (κ2) is 7.93. The number of pyridine rings is 1. The zero-order valence-corrected chi connectivity index (χ0v) is 14.0. The molecule has 1 aromatic carbocycles. The molecule has 5 heteroatoms. The Bertz CT molecular complexity index is 685. The Hall–Kier alpha value is -2.40. The number of benzene rings is 1. The lowest BCUT2D eigenvalue weighted by Gasteiger charge is -2.30. The summed E-state index contributed by atoms with van der Waals surface area (Å²) in [5.41, 5.74) is 4.30. The standard InChI is InChI=1S/C19H23N3O2/c1-24-12-4-10-20-19(23)18-8-7-17(13-21-18)22-11-9-15-5-2-3-6-16(15)14-22/h2-3,5-8,13H,4,9-12,14H2,1H3,(H,20,23). The molecule has 24 heavy (non-hydrogen) atoms. The number of anilines is 1. The molecule has 5 nitrogen and oxygen atoms in total.